The predicted molar refractivity (Wildman–Crippen MR) is 77.3 cm³/mol. The van der Waals surface area contributed by atoms with Crippen LogP contribution in [0.4, 0.5) is 0 Å². The van der Waals surface area contributed by atoms with Crippen LogP contribution in [0.3, 0.4) is 0 Å². The molecule has 0 N–H and O–H groups in total. The Morgan fingerprint density at radius 2 is 2.05 bits per heavy atom. The minimum absolute atomic E-state index is 0.118. The summed E-state index contributed by atoms with van der Waals surface area (Å²) in [5.74, 6) is -0.806. The number of rotatable bonds is 5. The molecule has 0 radical (unpaired) electrons. The van der Waals surface area contributed by atoms with Gasteiger partial charge in [-0.15, -0.1) is 0 Å². The van der Waals surface area contributed by atoms with Gasteiger partial charge in [-0.05, 0) is 35.8 Å². The minimum Gasteiger partial charge on any atom is -0.468 e. The third-order valence-electron chi connectivity index (χ3n) is 2.72. The Labute approximate surface area is 125 Å². The molecule has 110 valence electrons. The second-order valence-electron chi connectivity index (χ2n) is 4.50. The van der Waals surface area contributed by atoms with Crippen LogP contribution in [-0.4, -0.2) is 41.0 Å². The Bertz CT molecular complexity index is 554. The van der Waals surface area contributed by atoms with Gasteiger partial charge in [0.15, 0.2) is 0 Å². The van der Waals surface area contributed by atoms with Crippen molar-refractivity contribution in [1.82, 2.24) is 9.47 Å². The largest absolute Gasteiger partial charge is 0.468 e. The highest BCUT2D eigenvalue weighted by molar-refractivity contribution is 9.10. The molecule has 0 fully saturated rings. The molecule has 0 spiro atoms. The predicted octanol–water partition coefficient (Wildman–Crippen LogP) is 1.02. The number of ether oxygens (including phenoxy) is 1. The molecule has 1 heterocycles. The molecule has 0 unspecified atom stereocenters. The molecule has 0 bridgehead atoms. The Morgan fingerprint density at radius 3 is 2.60 bits per heavy atom. The van der Waals surface area contributed by atoms with E-state index in [0.717, 1.165) is 0 Å². The topological polar surface area (TPSA) is 68.6 Å². The summed E-state index contributed by atoms with van der Waals surface area (Å²) in [5.41, 5.74) is -0.275. The van der Waals surface area contributed by atoms with E-state index in [1.54, 1.807) is 19.9 Å². The fraction of sp³-hybridized carbons (Fsp3) is 0.462. The number of nitrogens with zero attached hydrogens (tertiary/aromatic N) is 2. The molecule has 0 aliphatic carbocycles. The summed E-state index contributed by atoms with van der Waals surface area (Å²) in [7, 11) is 1.27. The van der Waals surface area contributed by atoms with Crippen LogP contribution >= 0.6 is 15.9 Å². The van der Waals surface area contributed by atoms with Crippen LogP contribution in [0.15, 0.2) is 27.6 Å². The summed E-state index contributed by atoms with van der Waals surface area (Å²) in [6, 6.07) is 2.82. The van der Waals surface area contributed by atoms with Gasteiger partial charge in [0.05, 0.1) is 7.11 Å². The highest BCUT2D eigenvalue weighted by Gasteiger charge is 2.21. The van der Waals surface area contributed by atoms with E-state index in [2.05, 4.69) is 20.7 Å². The van der Waals surface area contributed by atoms with E-state index in [1.807, 2.05) is 0 Å². The molecule has 0 saturated carbocycles. The van der Waals surface area contributed by atoms with E-state index in [4.69, 9.17) is 0 Å². The van der Waals surface area contributed by atoms with Crippen molar-refractivity contribution in [3.05, 3.63) is 33.2 Å². The molecule has 0 aliphatic rings. The summed E-state index contributed by atoms with van der Waals surface area (Å²) in [6.07, 6.45) is 1.54. The maximum Gasteiger partial charge on any atom is 0.325 e. The summed E-state index contributed by atoms with van der Waals surface area (Å²) < 4.78 is 6.56. The Kier molecular flexibility index (Phi) is 5.94. The van der Waals surface area contributed by atoms with Crippen molar-refractivity contribution >= 4 is 27.8 Å². The van der Waals surface area contributed by atoms with Crippen LogP contribution in [0.25, 0.3) is 0 Å². The standard InChI is InChI=1S/C13H17BrN2O4/c1-9(2)16(8-13(19)20-3)12(18)7-15-6-10(14)4-5-11(15)17/h4-6,9H,7-8H2,1-3H3. The van der Waals surface area contributed by atoms with Gasteiger partial charge in [-0.25, -0.2) is 0 Å². The van der Waals surface area contributed by atoms with Gasteiger partial charge in [-0.1, -0.05) is 0 Å². The summed E-state index contributed by atoms with van der Waals surface area (Å²) in [6.45, 7) is 3.35. The van der Waals surface area contributed by atoms with E-state index in [9.17, 15) is 14.4 Å². The Morgan fingerprint density at radius 1 is 1.40 bits per heavy atom. The zero-order valence-corrected chi connectivity index (χ0v) is 13.2. The number of carbonyl (C=O) groups is 2. The number of hydrogen-bond acceptors (Lipinski definition) is 4. The maximum atomic E-state index is 12.2. The van der Waals surface area contributed by atoms with Crippen LogP contribution in [-0.2, 0) is 20.9 Å². The van der Waals surface area contributed by atoms with Crippen LogP contribution in [0.2, 0.25) is 0 Å². The molecule has 1 aromatic rings. The summed E-state index contributed by atoms with van der Waals surface area (Å²) in [4.78, 5) is 36.6. The van der Waals surface area contributed by atoms with Crippen molar-refractivity contribution in [2.24, 2.45) is 0 Å². The zero-order chi connectivity index (χ0) is 15.3. The van der Waals surface area contributed by atoms with Gasteiger partial charge in [0.1, 0.15) is 13.1 Å². The Balaban J connectivity index is 2.88. The lowest BCUT2D eigenvalue weighted by Gasteiger charge is -2.25. The van der Waals surface area contributed by atoms with Crippen molar-refractivity contribution in [3.63, 3.8) is 0 Å². The molecular formula is C13H17BrN2O4. The van der Waals surface area contributed by atoms with Crippen LogP contribution < -0.4 is 5.56 Å². The summed E-state index contributed by atoms with van der Waals surface area (Å²) >= 11 is 3.24. The van der Waals surface area contributed by atoms with Crippen molar-refractivity contribution in [1.29, 1.82) is 0 Å². The number of carbonyl (C=O) groups excluding carboxylic acids is 2. The third-order valence-corrected chi connectivity index (χ3v) is 3.19. The number of amides is 1. The molecule has 0 aliphatic heterocycles. The molecule has 1 aromatic heterocycles. The van der Waals surface area contributed by atoms with Gasteiger partial charge < -0.3 is 14.2 Å². The van der Waals surface area contributed by atoms with Gasteiger partial charge in [0.2, 0.25) is 5.91 Å². The van der Waals surface area contributed by atoms with Crippen molar-refractivity contribution < 1.29 is 14.3 Å². The smallest absolute Gasteiger partial charge is 0.325 e. The molecule has 0 atom stereocenters. The minimum atomic E-state index is -0.492. The van der Waals surface area contributed by atoms with Gasteiger partial charge in [-0.2, -0.15) is 0 Å². The van der Waals surface area contributed by atoms with Crippen LogP contribution in [0.5, 0.6) is 0 Å². The number of methoxy groups -OCH3 is 1. The first-order valence-corrected chi connectivity index (χ1v) is 6.86. The van der Waals surface area contributed by atoms with Gasteiger partial charge in [-0.3, -0.25) is 14.4 Å². The van der Waals surface area contributed by atoms with Gasteiger partial charge in [0, 0.05) is 22.8 Å². The molecule has 1 amide bonds. The van der Waals surface area contributed by atoms with E-state index in [0.29, 0.717) is 4.47 Å². The number of aromatic nitrogens is 1. The zero-order valence-electron chi connectivity index (χ0n) is 11.6. The Hall–Kier alpha value is -1.63. The molecule has 1 rings (SSSR count). The van der Waals surface area contributed by atoms with E-state index < -0.39 is 5.97 Å². The van der Waals surface area contributed by atoms with Gasteiger partial charge >= 0.3 is 5.97 Å². The van der Waals surface area contributed by atoms with E-state index in [-0.39, 0.29) is 30.6 Å². The molecule has 0 saturated heterocycles. The van der Waals surface area contributed by atoms with Crippen LogP contribution in [0, 0.1) is 0 Å². The monoisotopic (exact) mass is 344 g/mol. The van der Waals surface area contributed by atoms with Crippen molar-refractivity contribution in [2.75, 3.05) is 13.7 Å². The number of pyridine rings is 1. The average Bonchev–Trinajstić information content (AvgIpc) is 2.39. The molecule has 7 heteroatoms. The SMILES string of the molecule is COC(=O)CN(C(=O)Cn1cc(Br)ccc1=O)C(C)C. The van der Waals surface area contributed by atoms with Gasteiger partial charge in [0.25, 0.3) is 5.56 Å². The summed E-state index contributed by atoms with van der Waals surface area (Å²) in [5, 5.41) is 0. The molecule has 20 heavy (non-hydrogen) atoms. The van der Waals surface area contributed by atoms with Crippen LogP contribution in [0.1, 0.15) is 13.8 Å². The fourth-order valence-electron chi connectivity index (χ4n) is 1.62. The lowest BCUT2D eigenvalue weighted by Crippen LogP contribution is -2.43. The molecule has 0 aromatic carbocycles. The lowest BCUT2D eigenvalue weighted by atomic mass is 10.3. The first-order chi connectivity index (χ1) is 9.35. The fourth-order valence-corrected chi connectivity index (χ4v) is 2.00. The van der Waals surface area contributed by atoms with Crippen molar-refractivity contribution in [3.8, 4) is 0 Å². The average molecular weight is 345 g/mol. The second-order valence-corrected chi connectivity index (χ2v) is 5.42. The highest BCUT2D eigenvalue weighted by Crippen LogP contribution is 2.06. The van der Waals surface area contributed by atoms with Crippen molar-refractivity contribution in [2.45, 2.75) is 26.4 Å². The molecular weight excluding hydrogens is 328 g/mol. The highest BCUT2D eigenvalue weighted by atomic mass is 79.9. The maximum absolute atomic E-state index is 12.2. The first kappa shape index (κ1) is 16.4. The normalized spacial score (nSPS) is 10.4. The van der Waals surface area contributed by atoms with E-state index >= 15 is 0 Å². The third kappa shape index (κ3) is 4.48. The second kappa shape index (κ2) is 7.23. The molecule has 6 nitrogen and oxygen atoms in total. The number of esters is 1. The van der Waals surface area contributed by atoms with E-state index in [1.165, 1.54) is 28.8 Å². The number of halogens is 1. The lowest BCUT2D eigenvalue weighted by molar-refractivity contribution is -0.148. The quantitative estimate of drug-likeness (QED) is 0.748. The first-order valence-electron chi connectivity index (χ1n) is 6.07. The number of hydrogen-bond donors (Lipinski definition) is 0.